The molecule has 0 spiro atoms. The van der Waals surface area contributed by atoms with E-state index in [1.807, 2.05) is 30.3 Å². The maximum Gasteiger partial charge on any atom is 0.251 e. The third-order valence-corrected chi connectivity index (χ3v) is 4.83. The Morgan fingerprint density at radius 2 is 1.86 bits per heavy atom. The second-order valence-corrected chi connectivity index (χ2v) is 6.39. The van der Waals surface area contributed by atoms with Gasteiger partial charge in [0.15, 0.2) is 0 Å². The van der Waals surface area contributed by atoms with Crippen molar-refractivity contribution in [1.29, 1.82) is 0 Å². The number of hydrogen-bond acceptors (Lipinski definition) is 2. The van der Waals surface area contributed by atoms with Crippen molar-refractivity contribution in [2.75, 3.05) is 19.6 Å². The van der Waals surface area contributed by atoms with Gasteiger partial charge < -0.3 is 5.32 Å². The number of hydrogen-bond donors (Lipinski definition) is 1. The van der Waals surface area contributed by atoms with Crippen molar-refractivity contribution in [3.05, 3.63) is 35.9 Å². The second kappa shape index (κ2) is 6.32. The number of nitrogens with one attached hydrogen (secondary N) is 1. The molecule has 1 aliphatic heterocycles. The minimum atomic E-state index is -2.28. The van der Waals surface area contributed by atoms with Crippen molar-refractivity contribution in [3.63, 3.8) is 0 Å². The van der Waals surface area contributed by atoms with Crippen molar-refractivity contribution < 1.29 is 13.6 Å². The first-order chi connectivity index (χ1) is 10.6. The van der Waals surface area contributed by atoms with Gasteiger partial charge in [0.25, 0.3) is 6.43 Å². The van der Waals surface area contributed by atoms with E-state index in [0.29, 0.717) is 13.1 Å². The van der Waals surface area contributed by atoms with Crippen LogP contribution in [0.5, 0.6) is 0 Å². The molecular formula is C17H22F2N2O. The van der Waals surface area contributed by atoms with E-state index >= 15 is 0 Å². The number of amides is 1. The lowest BCUT2D eigenvalue weighted by Gasteiger charge is -2.33. The quantitative estimate of drug-likeness (QED) is 0.907. The van der Waals surface area contributed by atoms with Gasteiger partial charge >= 0.3 is 0 Å². The summed E-state index contributed by atoms with van der Waals surface area (Å²) >= 11 is 0. The van der Waals surface area contributed by atoms with E-state index < -0.39 is 6.43 Å². The van der Waals surface area contributed by atoms with Crippen LogP contribution in [0.15, 0.2) is 30.3 Å². The summed E-state index contributed by atoms with van der Waals surface area (Å²) < 4.78 is 24.7. The summed E-state index contributed by atoms with van der Waals surface area (Å²) in [7, 11) is 0. The molecule has 0 aromatic heterocycles. The zero-order valence-electron chi connectivity index (χ0n) is 12.6. The molecule has 1 amide bonds. The highest BCUT2D eigenvalue weighted by atomic mass is 19.3. The third-order valence-electron chi connectivity index (χ3n) is 4.83. The van der Waals surface area contributed by atoms with Crippen molar-refractivity contribution >= 4 is 5.91 Å². The zero-order chi connectivity index (χ0) is 15.6. The predicted octanol–water partition coefficient (Wildman–Crippen LogP) is 2.56. The fourth-order valence-corrected chi connectivity index (χ4v) is 3.31. The molecule has 1 saturated heterocycles. The Kier molecular flexibility index (Phi) is 4.43. The Balaban J connectivity index is 1.53. The molecule has 2 fully saturated rings. The van der Waals surface area contributed by atoms with Gasteiger partial charge in [-0.2, -0.15) is 0 Å². The number of likely N-dealkylation sites (tertiary alicyclic amines) is 1. The third kappa shape index (κ3) is 3.29. The summed E-state index contributed by atoms with van der Waals surface area (Å²) in [6.07, 6.45) is 1.02. The summed E-state index contributed by atoms with van der Waals surface area (Å²) in [5, 5.41) is 3.14. The van der Waals surface area contributed by atoms with Gasteiger partial charge in [0.1, 0.15) is 0 Å². The molecule has 0 unspecified atom stereocenters. The van der Waals surface area contributed by atoms with E-state index in [0.717, 1.165) is 31.2 Å². The van der Waals surface area contributed by atoms with Crippen LogP contribution in [-0.4, -0.2) is 42.9 Å². The number of halogens is 2. The zero-order valence-corrected chi connectivity index (χ0v) is 12.6. The molecule has 1 saturated carbocycles. The number of benzene rings is 1. The highest BCUT2D eigenvalue weighted by Crippen LogP contribution is 2.48. The number of rotatable bonds is 5. The minimum Gasteiger partial charge on any atom is -0.353 e. The molecule has 1 aromatic rings. The van der Waals surface area contributed by atoms with Crippen LogP contribution in [-0.2, 0) is 10.2 Å². The first-order valence-electron chi connectivity index (χ1n) is 7.97. The Morgan fingerprint density at radius 1 is 1.23 bits per heavy atom. The van der Waals surface area contributed by atoms with Crippen molar-refractivity contribution in [1.82, 2.24) is 10.2 Å². The highest BCUT2D eigenvalue weighted by molar-refractivity contribution is 5.91. The molecule has 0 atom stereocenters. The molecule has 1 aromatic carbocycles. The van der Waals surface area contributed by atoms with E-state index in [1.54, 1.807) is 4.90 Å². The molecule has 3 nitrogen and oxygen atoms in total. The molecular weight excluding hydrogens is 286 g/mol. The van der Waals surface area contributed by atoms with E-state index in [4.69, 9.17) is 0 Å². The van der Waals surface area contributed by atoms with Crippen LogP contribution < -0.4 is 5.32 Å². The summed E-state index contributed by atoms with van der Waals surface area (Å²) in [5.41, 5.74) is 0.740. The van der Waals surface area contributed by atoms with E-state index in [-0.39, 0.29) is 23.9 Å². The van der Waals surface area contributed by atoms with E-state index in [2.05, 4.69) is 5.32 Å². The summed E-state index contributed by atoms with van der Waals surface area (Å²) in [6.45, 7) is 1.11. The summed E-state index contributed by atoms with van der Waals surface area (Å²) in [4.78, 5) is 14.4. The summed E-state index contributed by atoms with van der Waals surface area (Å²) in [6, 6.07) is 10.0. The number of carbonyl (C=O) groups is 1. The molecule has 1 heterocycles. The standard InChI is InChI=1S/C17H22F2N2O/c18-15(19)12-21-10-6-14(7-11-21)20-16(22)17(8-9-17)13-4-2-1-3-5-13/h1-5,14-15H,6-12H2,(H,20,22). The monoisotopic (exact) mass is 308 g/mol. The van der Waals surface area contributed by atoms with Crippen LogP contribution in [0, 0.1) is 0 Å². The normalized spacial score (nSPS) is 21.8. The Morgan fingerprint density at radius 3 is 2.41 bits per heavy atom. The lowest BCUT2D eigenvalue weighted by Crippen LogP contribution is -2.48. The van der Waals surface area contributed by atoms with Crippen LogP contribution in [0.4, 0.5) is 8.78 Å². The molecule has 0 radical (unpaired) electrons. The highest BCUT2D eigenvalue weighted by Gasteiger charge is 2.51. The topological polar surface area (TPSA) is 32.3 Å². The average molecular weight is 308 g/mol. The molecule has 1 N–H and O–H groups in total. The number of alkyl halides is 2. The van der Waals surface area contributed by atoms with Crippen molar-refractivity contribution in [2.24, 2.45) is 0 Å². The first kappa shape index (κ1) is 15.4. The van der Waals surface area contributed by atoms with Gasteiger partial charge in [-0.05, 0) is 31.2 Å². The molecule has 0 bridgehead atoms. The number of carbonyl (C=O) groups excluding carboxylic acids is 1. The average Bonchev–Trinajstić information content (AvgIpc) is 3.31. The molecule has 1 aliphatic carbocycles. The van der Waals surface area contributed by atoms with Crippen LogP contribution in [0.3, 0.4) is 0 Å². The molecule has 5 heteroatoms. The molecule has 120 valence electrons. The Labute approximate surface area is 129 Å². The second-order valence-electron chi connectivity index (χ2n) is 6.39. The lowest BCUT2D eigenvalue weighted by atomic mass is 9.94. The van der Waals surface area contributed by atoms with Gasteiger partial charge in [-0.3, -0.25) is 9.69 Å². The summed E-state index contributed by atoms with van der Waals surface area (Å²) in [5.74, 6) is 0.103. The van der Waals surface area contributed by atoms with Crippen molar-refractivity contribution in [3.8, 4) is 0 Å². The van der Waals surface area contributed by atoms with Gasteiger partial charge in [0, 0.05) is 19.1 Å². The van der Waals surface area contributed by atoms with E-state index in [9.17, 15) is 13.6 Å². The predicted molar refractivity (Wildman–Crippen MR) is 81.0 cm³/mol. The fourth-order valence-electron chi connectivity index (χ4n) is 3.31. The SMILES string of the molecule is O=C(NC1CCN(CC(F)F)CC1)C1(c2ccccc2)CC1. The smallest absolute Gasteiger partial charge is 0.251 e. The van der Waals surface area contributed by atoms with Crippen LogP contribution in [0.2, 0.25) is 0 Å². The molecule has 22 heavy (non-hydrogen) atoms. The Hall–Kier alpha value is -1.49. The largest absolute Gasteiger partial charge is 0.353 e. The number of piperidine rings is 1. The van der Waals surface area contributed by atoms with Gasteiger partial charge in [-0.15, -0.1) is 0 Å². The van der Waals surface area contributed by atoms with Gasteiger partial charge in [0.2, 0.25) is 5.91 Å². The molecule has 2 aliphatic rings. The fraction of sp³-hybridized carbons (Fsp3) is 0.588. The first-order valence-corrected chi connectivity index (χ1v) is 7.97. The maximum atomic E-state index is 12.6. The van der Waals surface area contributed by atoms with Gasteiger partial charge in [-0.1, -0.05) is 30.3 Å². The van der Waals surface area contributed by atoms with Gasteiger partial charge in [-0.25, -0.2) is 8.78 Å². The lowest BCUT2D eigenvalue weighted by molar-refractivity contribution is -0.124. The minimum absolute atomic E-state index is 0.103. The van der Waals surface area contributed by atoms with Crippen molar-refractivity contribution in [2.45, 2.75) is 43.6 Å². The van der Waals surface area contributed by atoms with E-state index in [1.165, 1.54) is 0 Å². The Bertz CT molecular complexity index is 509. The van der Waals surface area contributed by atoms with Gasteiger partial charge in [0.05, 0.1) is 12.0 Å². The maximum absolute atomic E-state index is 12.6. The molecule has 3 rings (SSSR count). The van der Waals surface area contributed by atoms with Crippen LogP contribution in [0.1, 0.15) is 31.2 Å². The van der Waals surface area contributed by atoms with Crippen LogP contribution in [0.25, 0.3) is 0 Å². The van der Waals surface area contributed by atoms with Crippen LogP contribution >= 0.6 is 0 Å². The number of nitrogens with zero attached hydrogens (tertiary/aromatic N) is 1.